The molecule has 0 fully saturated rings. The lowest BCUT2D eigenvalue weighted by Gasteiger charge is -2.10. The van der Waals surface area contributed by atoms with Gasteiger partial charge in [0.2, 0.25) is 0 Å². The van der Waals surface area contributed by atoms with E-state index in [0.29, 0.717) is 17.1 Å². The summed E-state index contributed by atoms with van der Waals surface area (Å²) in [4.78, 5) is 8.03. The number of hydrogen-bond donors (Lipinski definition) is 2. The lowest BCUT2D eigenvalue weighted by atomic mass is 10.0. The molecule has 0 aliphatic rings. The molecule has 2 aromatic carbocycles. The van der Waals surface area contributed by atoms with Gasteiger partial charge in [-0.3, -0.25) is 0 Å². The third kappa shape index (κ3) is 2.89. The van der Waals surface area contributed by atoms with Crippen molar-refractivity contribution in [1.82, 2.24) is 9.97 Å². The number of rotatable bonds is 4. The molecule has 1 heterocycles. The van der Waals surface area contributed by atoms with Crippen LogP contribution in [0.5, 0.6) is 11.5 Å². The van der Waals surface area contributed by atoms with E-state index in [0.717, 1.165) is 17.1 Å². The van der Waals surface area contributed by atoms with Crippen molar-refractivity contribution < 1.29 is 9.84 Å². The molecule has 0 amide bonds. The van der Waals surface area contributed by atoms with Gasteiger partial charge in [0, 0.05) is 5.56 Å². The summed E-state index contributed by atoms with van der Waals surface area (Å²) in [5.74, 6) is 1.83. The van der Waals surface area contributed by atoms with Gasteiger partial charge in [0.05, 0.1) is 12.3 Å². The van der Waals surface area contributed by atoms with Crippen LogP contribution in [-0.4, -0.2) is 15.1 Å². The van der Waals surface area contributed by atoms with Crippen LogP contribution >= 0.6 is 0 Å². The second kappa shape index (κ2) is 6.24. The average Bonchev–Trinajstić information content (AvgIpc) is 2.56. The summed E-state index contributed by atoms with van der Waals surface area (Å²) in [6.45, 7) is -0.190. The van der Waals surface area contributed by atoms with Gasteiger partial charge in [-0.25, -0.2) is 9.97 Å². The summed E-state index contributed by atoms with van der Waals surface area (Å²) < 4.78 is 5.74. The summed E-state index contributed by atoms with van der Waals surface area (Å²) in [6.07, 6.45) is 1.34. The zero-order chi connectivity index (χ0) is 15.4. The predicted octanol–water partition coefficient (Wildman–Crippen LogP) is 3.01. The fourth-order valence-corrected chi connectivity index (χ4v) is 2.19. The van der Waals surface area contributed by atoms with Gasteiger partial charge in [0.25, 0.3) is 0 Å². The summed E-state index contributed by atoms with van der Waals surface area (Å²) in [7, 11) is 0. The molecule has 0 saturated heterocycles. The highest BCUT2D eigenvalue weighted by atomic mass is 16.5. The summed E-state index contributed by atoms with van der Waals surface area (Å²) in [6, 6.07) is 17.0. The van der Waals surface area contributed by atoms with Crippen LogP contribution < -0.4 is 10.5 Å². The summed E-state index contributed by atoms with van der Waals surface area (Å²) >= 11 is 0. The van der Waals surface area contributed by atoms with Crippen LogP contribution in [0.25, 0.3) is 11.1 Å². The molecule has 0 atom stereocenters. The van der Waals surface area contributed by atoms with Crippen LogP contribution in [0.1, 0.15) is 5.69 Å². The Morgan fingerprint density at radius 1 is 0.909 bits per heavy atom. The third-order valence-electron chi connectivity index (χ3n) is 3.23. The van der Waals surface area contributed by atoms with Crippen LogP contribution in [0.15, 0.2) is 60.9 Å². The SMILES string of the molecule is Nc1ncnc(CO)c1-c1ccc(Oc2ccccc2)cc1. The van der Waals surface area contributed by atoms with Crippen molar-refractivity contribution in [3.05, 3.63) is 66.6 Å². The monoisotopic (exact) mass is 293 g/mol. The molecular formula is C17H15N3O2. The van der Waals surface area contributed by atoms with Crippen molar-refractivity contribution in [2.75, 3.05) is 5.73 Å². The lowest BCUT2D eigenvalue weighted by molar-refractivity contribution is 0.277. The Kier molecular flexibility index (Phi) is 3.98. The first kappa shape index (κ1) is 14.0. The van der Waals surface area contributed by atoms with Gasteiger partial charge < -0.3 is 15.6 Å². The van der Waals surface area contributed by atoms with Crippen molar-refractivity contribution in [3.8, 4) is 22.6 Å². The number of aliphatic hydroxyl groups is 1. The van der Waals surface area contributed by atoms with Crippen molar-refractivity contribution in [1.29, 1.82) is 0 Å². The molecular weight excluding hydrogens is 278 g/mol. The standard InChI is InChI=1S/C17H15N3O2/c18-17-16(15(10-21)19-11-20-17)12-6-8-14(9-7-12)22-13-4-2-1-3-5-13/h1-9,11,21H,10H2,(H2,18,19,20). The van der Waals surface area contributed by atoms with Gasteiger partial charge >= 0.3 is 0 Å². The molecule has 0 bridgehead atoms. The number of nitrogen functional groups attached to an aromatic ring is 1. The number of aromatic nitrogens is 2. The average molecular weight is 293 g/mol. The maximum atomic E-state index is 9.38. The Morgan fingerprint density at radius 3 is 2.27 bits per heavy atom. The molecule has 0 aliphatic heterocycles. The second-order valence-corrected chi connectivity index (χ2v) is 4.68. The Morgan fingerprint density at radius 2 is 1.59 bits per heavy atom. The largest absolute Gasteiger partial charge is 0.457 e. The van der Waals surface area contributed by atoms with E-state index in [1.54, 1.807) is 0 Å². The molecule has 3 N–H and O–H groups in total. The van der Waals surface area contributed by atoms with Crippen LogP contribution in [0.2, 0.25) is 0 Å². The molecule has 1 aromatic heterocycles. The molecule has 5 nitrogen and oxygen atoms in total. The summed E-state index contributed by atoms with van der Waals surface area (Å²) in [5, 5.41) is 9.38. The van der Waals surface area contributed by atoms with Crippen molar-refractivity contribution >= 4 is 5.82 Å². The van der Waals surface area contributed by atoms with E-state index in [1.165, 1.54) is 6.33 Å². The normalized spacial score (nSPS) is 10.4. The van der Waals surface area contributed by atoms with Crippen molar-refractivity contribution in [2.45, 2.75) is 6.61 Å². The zero-order valence-corrected chi connectivity index (χ0v) is 11.8. The first-order valence-electron chi connectivity index (χ1n) is 6.81. The van der Waals surface area contributed by atoms with Crippen LogP contribution in [-0.2, 0) is 6.61 Å². The molecule has 0 unspecified atom stereocenters. The Labute approximate surface area is 128 Å². The Hall–Kier alpha value is -2.92. The van der Waals surface area contributed by atoms with Crippen molar-refractivity contribution in [2.24, 2.45) is 0 Å². The van der Waals surface area contributed by atoms with Crippen LogP contribution in [0, 0.1) is 0 Å². The Bertz CT molecular complexity index is 759. The molecule has 0 spiro atoms. The van der Waals surface area contributed by atoms with E-state index in [1.807, 2.05) is 54.6 Å². The molecule has 3 rings (SSSR count). The molecule has 5 heteroatoms. The van der Waals surface area contributed by atoms with Gasteiger partial charge in [-0.15, -0.1) is 0 Å². The molecule has 22 heavy (non-hydrogen) atoms. The Balaban J connectivity index is 1.89. The van der Waals surface area contributed by atoms with E-state index < -0.39 is 0 Å². The molecule has 0 aliphatic carbocycles. The summed E-state index contributed by atoms with van der Waals surface area (Å²) in [5.41, 5.74) is 7.89. The number of ether oxygens (including phenoxy) is 1. The van der Waals surface area contributed by atoms with Crippen molar-refractivity contribution in [3.63, 3.8) is 0 Å². The number of nitrogens with two attached hydrogens (primary N) is 1. The number of para-hydroxylation sites is 1. The quantitative estimate of drug-likeness (QED) is 0.772. The highest BCUT2D eigenvalue weighted by Gasteiger charge is 2.11. The predicted molar refractivity (Wildman–Crippen MR) is 84.3 cm³/mol. The maximum absolute atomic E-state index is 9.38. The minimum absolute atomic E-state index is 0.190. The number of hydrogen-bond acceptors (Lipinski definition) is 5. The van der Waals surface area contributed by atoms with Gasteiger partial charge in [-0.2, -0.15) is 0 Å². The van der Waals surface area contributed by atoms with E-state index in [-0.39, 0.29) is 6.61 Å². The van der Waals surface area contributed by atoms with E-state index in [4.69, 9.17) is 10.5 Å². The zero-order valence-electron chi connectivity index (χ0n) is 11.8. The second-order valence-electron chi connectivity index (χ2n) is 4.68. The number of benzene rings is 2. The number of nitrogens with zero attached hydrogens (tertiary/aromatic N) is 2. The highest BCUT2D eigenvalue weighted by molar-refractivity contribution is 5.76. The number of anilines is 1. The van der Waals surface area contributed by atoms with Crippen LogP contribution in [0.3, 0.4) is 0 Å². The molecule has 110 valence electrons. The fraction of sp³-hybridized carbons (Fsp3) is 0.0588. The van der Waals surface area contributed by atoms with E-state index >= 15 is 0 Å². The smallest absolute Gasteiger partial charge is 0.135 e. The van der Waals surface area contributed by atoms with E-state index in [9.17, 15) is 5.11 Å². The third-order valence-corrected chi connectivity index (χ3v) is 3.23. The van der Waals surface area contributed by atoms with Crippen LogP contribution in [0.4, 0.5) is 5.82 Å². The van der Waals surface area contributed by atoms with Gasteiger partial charge in [-0.05, 0) is 29.8 Å². The molecule has 0 saturated carbocycles. The molecule has 3 aromatic rings. The van der Waals surface area contributed by atoms with Gasteiger partial charge in [0.15, 0.2) is 0 Å². The fourth-order valence-electron chi connectivity index (χ4n) is 2.19. The minimum atomic E-state index is -0.190. The first-order chi connectivity index (χ1) is 10.8. The maximum Gasteiger partial charge on any atom is 0.135 e. The highest BCUT2D eigenvalue weighted by Crippen LogP contribution is 2.30. The minimum Gasteiger partial charge on any atom is -0.457 e. The van der Waals surface area contributed by atoms with E-state index in [2.05, 4.69) is 9.97 Å². The number of aliphatic hydroxyl groups excluding tert-OH is 1. The first-order valence-corrected chi connectivity index (χ1v) is 6.81. The van der Waals surface area contributed by atoms with Gasteiger partial charge in [-0.1, -0.05) is 30.3 Å². The molecule has 0 radical (unpaired) electrons. The lowest BCUT2D eigenvalue weighted by Crippen LogP contribution is -2.01. The topological polar surface area (TPSA) is 81.3 Å². The van der Waals surface area contributed by atoms with Gasteiger partial charge in [0.1, 0.15) is 23.6 Å².